The number of nitrogens with zero attached hydrogens (tertiary/aromatic N) is 1. The fourth-order valence-electron chi connectivity index (χ4n) is 7.90. The summed E-state index contributed by atoms with van der Waals surface area (Å²) >= 11 is 0. The zero-order chi connectivity index (χ0) is 22.0. The Morgan fingerprint density at radius 1 is 1.03 bits per heavy atom. The summed E-state index contributed by atoms with van der Waals surface area (Å²) in [7, 11) is 4.15. The predicted octanol–water partition coefficient (Wildman–Crippen LogP) is 5.59. The highest BCUT2D eigenvalue weighted by atomic mass is 16.3. The van der Waals surface area contributed by atoms with Crippen molar-refractivity contribution in [1.29, 1.82) is 0 Å². The van der Waals surface area contributed by atoms with Crippen molar-refractivity contribution in [1.82, 2.24) is 0 Å². The van der Waals surface area contributed by atoms with Crippen molar-refractivity contribution in [2.24, 2.45) is 17.3 Å². The predicted molar refractivity (Wildman–Crippen MR) is 127 cm³/mol. The van der Waals surface area contributed by atoms with Gasteiger partial charge in [0.15, 0.2) is 0 Å². The van der Waals surface area contributed by atoms with Crippen LogP contribution in [-0.4, -0.2) is 35.5 Å². The molecule has 0 aliphatic heterocycles. The van der Waals surface area contributed by atoms with Crippen LogP contribution < -0.4 is 4.90 Å². The van der Waals surface area contributed by atoms with Gasteiger partial charge in [-0.1, -0.05) is 30.7 Å². The molecule has 0 amide bonds. The molecule has 4 aliphatic rings. The van der Waals surface area contributed by atoms with Crippen LogP contribution in [0.1, 0.15) is 76.2 Å². The van der Waals surface area contributed by atoms with Crippen LogP contribution in [0.15, 0.2) is 48.1 Å². The van der Waals surface area contributed by atoms with E-state index in [0.717, 1.165) is 51.4 Å². The van der Waals surface area contributed by atoms with Crippen LogP contribution in [0, 0.1) is 17.3 Å². The largest absolute Gasteiger partial charge is 0.386 e. The Kier molecular flexibility index (Phi) is 4.95. The molecule has 1 aromatic rings. The molecule has 0 aromatic heterocycles. The van der Waals surface area contributed by atoms with Crippen molar-refractivity contribution in [3.63, 3.8) is 0 Å². The minimum Gasteiger partial charge on any atom is -0.386 e. The van der Waals surface area contributed by atoms with Crippen molar-refractivity contribution in [2.45, 2.75) is 81.8 Å². The van der Waals surface area contributed by atoms with E-state index in [1.165, 1.54) is 23.2 Å². The Hall–Kier alpha value is -1.58. The van der Waals surface area contributed by atoms with E-state index < -0.39 is 11.2 Å². The molecule has 0 heterocycles. The molecule has 3 heteroatoms. The Morgan fingerprint density at radius 3 is 2.45 bits per heavy atom. The van der Waals surface area contributed by atoms with Gasteiger partial charge in [0.1, 0.15) is 0 Å². The molecular formula is C28H39NO2. The van der Waals surface area contributed by atoms with E-state index in [-0.39, 0.29) is 11.3 Å². The summed E-state index contributed by atoms with van der Waals surface area (Å²) in [6, 6.07) is 9.00. The number of anilines is 1. The Bertz CT molecular complexity index is 902. The molecule has 0 unspecified atom stereocenters. The third-order valence-corrected chi connectivity index (χ3v) is 9.73. The van der Waals surface area contributed by atoms with Gasteiger partial charge in [0.05, 0.1) is 11.2 Å². The highest BCUT2D eigenvalue weighted by Crippen LogP contribution is 2.67. The number of rotatable bonds is 3. The monoisotopic (exact) mass is 421 g/mol. The Morgan fingerprint density at radius 2 is 1.77 bits per heavy atom. The first-order chi connectivity index (χ1) is 14.7. The van der Waals surface area contributed by atoms with Gasteiger partial charge in [-0.3, -0.25) is 0 Å². The first-order valence-corrected chi connectivity index (χ1v) is 12.3. The SMILES string of the molecule is C=C[C@]1(O)CC[C@H]2[C@@H]3CC[C@@]4(O)CCCCC4=C3[C@@H](c3ccc(N(C)C)cc3)C[C@@]21C. The normalized spacial score (nSPS) is 41.9. The van der Waals surface area contributed by atoms with E-state index in [1.54, 1.807) is 5.57 Å². The maximum Gasteiger partial charge on any atom is 0.0881 e. The quantitative estimate of drug-likeness (QED) is 0.626. The van der Waals surface area contributed by atoms with Crippen molar-refractivity contribution in [2.75, 3.05) is 19.0 Å². The maximum absolute atomic E-state index is 11.6. The smallest absolute Gasteiger partial charge is 0.0881 e. The van der Waals surface area contributed by atoms with E-state index in [9.17, 15) is 10.2 Å². The first-order valence-electron chi connectivity index (χ1n) is 12.3. The number of hydrogen-bond acceptors (Lipinski definition) is 3. The molecule has 0 saturated heterocycles. The molecule has 0 bridgehead atoms. The Labute approximate surface area is 187 Å². The molecule has 31 heavy (non-hydrogen) atoms. The van der Waals surface area contributed by atoms with E-state index in [1.807, 2.05) is 6.08 Å². The summed E-state index contributed by atoms with van der Waals surface area (Å²) in [6.45, 7) is 6.37. The van der Waals surface area contributed by atoms with Crippen molar-refractivity contribution in [3.05, 3.63) is 53.6 Å². The molecule has 1 aromatic carbocycles. The second kappa shape index (κ2) is 7.22. The van der Waals surface area contributed by atoms with Gasteiger partial charge in [0, 0.05) is 31.1 Å². The van der Waals surface area contributed by atoms with Gasteiger partial charge in [-0.15, -0.1) is 6.58 Å². The molecule has 3 saturated carbocycles. The van der Waals surface area contributed by atoms with Crippen LogP contribution in [0.4, 0.5) is 5.69 Å². The maximum atomic E-state index is 11.6. The number of aliphatic hydroxyl groups is 2. The molecule has 3 nitrogen and oxygen atoms in total. The molecule has 168 valence electrons. The molecule has 4 aliphatic carbocycles. The lowest BCUT2D eigenvalue weighted by Crippen LogP contribution is -2.52. The van der Waals surface area contributed by atoms with Crippen LogP contribution in [0.5, 0.6) is 0 Å². The molecule has 6 atom stereocenters. The van der Waals surface area contributed by atoms with Gasteiger partial charge in [-0.25, -0.2) is 0 Å². The van der Waals surface area contributed by atoms with E-state index in [4.69, 9.17) is 0 Å². The standard InChI is InChI=1S/C28H39NO2/c1-5-28(31)17-14-23-21-13-16-27(30)15-7-6-8-24(27)25(21)22(18-26(23,28)2)19-9-11-20(12-10-19)29(3)4/h5,9-12,21-23,30-31H,1,6-8,13-18H2,2-4H3/t21-,22+,23-,26-,27-,28-/m0/s1. The summed E-state index contributed by atoms with van der Waals surface area (Å²) in [6.07, 6.45) is 10.9. The van der Waals surface area contributed by atoms with E-state index >= 15 is 0 Å². The first kappa shape index (κ1) is 21.3. The second-order valence-electron chi connectivity index (χ2n) is 11.3. The molecule has 3 fully saturated rings. The average Bonchev–Trinajstić information content (AvgIpc) is 3.03. The summed E-state index contributed by atoms with van der Waals surface area (Å²) in [4.78, 5) is 2.14. The lowest BCUT2D eigenvalue weighted by molar-refractivity contribution is -0.0664. The fraction of sp³-hybridized carbons (Fsp3) is 0.643. The van der Waals surface area contributed by atoms with Gasteiger partial charge in [-0.2, -0.15) is 0 Å². The highest BCUT2D eigenvalue weighted by Gasteiger charge is 2.62. The molecule has 2 N–H and O–H groups in total. The molecule has 0 spiro atoms. The third-order valence-electron chi connectivity index (χ3n) is 9.73. The molecule has 5 rings (SSSR count). The van der Waals surface area contributed by atoms with E-state index in [2.05, 4.69) is 56.8 Å². The van der Waals surface area contributed by atoms with Gasteiger partial charge < -0.3 is 15.1 Å². The van der Waals surface area contributed by atoms with Crippen LogP contribution in [0.2, 0.25) is 0 Å². The third kappa shape index (κ3) is 2.99. The summed E-state index contributed by atoms with van der Waals surface area (Å²) in [5.74, 6) is 1.22. The van der Waals surface area contributed by atoms with Gasteiger partial charge >= 0.3 is 0 Å². The summed E-state index contributed by atoms with van der Waals surface area (Å²) in [5.41, 5.74) is 3.90. The Balaban J connectivity index is 1.67. The van der Waals surface area contributed by atoms with Gasteiger partial charge in [0.2, 0.25) is 0 Å². The number of benzene rings is 1. The van der Waals surface area contributed by atoms with Crippen molar-refractivity contribution >= 4 is 5.69 Å². The second-order valence-corrected chi connectivity index (χ2v) is 11.3. The minimum absolute atomic E-state index is 0.168. The zero-order valence-corrected chi connectivity index (χ0v) is 19.5. The zero-order valence-electron chi connectivity index (χ0n) is 19.5. The highest BCUT2D eigenvalue weighted by molar-refractivity contribution is 5.50. The topological polar surface area (TPSA) is 43.7 Å². The lowest BCUT2D eigenvalue weighted by atomic mass is 9.50. The van der Waals surface area contributed by atoms with Crippen molar-refractivity contribution in [3.8, 4) is 0 Å². The average molecular weight is 422 g/mol. The minimum atomic E-state index is -0.796. The summed E-state index contributed by atoms with van der Waals surface area (Å²) < 4.78 is 0. The fourth-order valence-corrected chi connectivity index (χ4v) is 7.90. The van der Waals surface area contributed by atoms with Crippen LogP contribution in [0.25, 0.3) is 0 Å². The van der Waals surface area contributed by atoms with Crippen LogP contribution in [0.3, 0.4) is 0 Å². The van der Waals surface area contributed by atoms with E-state index in [0.29, 0.717) is 11.8 Å². The number of fused-ring (bicyclic) bond motifs is 4. The van der Waals surface area contributed by atoms with Crippen molar-refractivity contribution < 1.29 is 10.2 Å². The van der Waals surface area contributed by atoms with Crippen LogP contribution in [-0.2, 0) is 0 Å². The molecule has 0 radical (unpaired) electrons. The number of hydrogen-bond donors (Lipinski definition) is 2. The van der Waals surface area contributed by atoms with Crippen LogP contribution >= 0.6 is 0 Å². The van der Waals surface area contributed by atoms with Gasteiger partial charge in [0.25, 0.3) is 0 Å². The summed E-state index contributed by atoms with van der Waals surface area (Å²) in [5, 5.41) is 23.3. The molecular weight excluding hydrogens is 382 g/mol. The van der Waals surface area contributed by atoms with Gasteiger partial charge in [-0.05, 0) is 92.9 Å². The number of allylic oxidation sites excluding steroid dienone is 1. The lowest BCUT2D eigenvalue weighted by Gasteiger charge is -2.56.